The van der Waals surface area contributed by atoms with Crippen LogP contribution in [0.1, 0.15) is 0 Å². The highest BCUT2D eigenvalue weighted by atomic mass is 15.8. The van der Waals surface area contributed by atoms with E-state index >= 15 is 0 Å². The van der Waals surface area contributed by atoms with Crippen molar-refractivity contribution in [1.29, 1.82) is 0 Å². The predicted molar refractivity (Wildman–Crippen MR) is 143 cm³/mol. The second-order valence-electron chi connectivity index (χ2n) is 9.65. The Labute approximate surface area is 210 Å². The molecule has 6 heterocycles. The fraction of sp³-hybridized carbons (Fsp3) is 0.0345. The van der Waals surface area contributed by atoms with Gasteiger partial charge in [0, 0.05) is 35.6 Å². The molecule has 8 heteroatoms. The van der Waals surface area contributed by atoms with Crippen molar-refractivity contribution in [2.45, 2.75) is 5.91 Å². The summed E-state index contributed by atoms with van der Waals surface area (Å²) in [4.78, 5) is 29.0. The van der Waals surface area contributed by atoms with Gasteiger partial charge in [0.05, 0.1) is 22.7 Å². The zero-order chi connectivity index (χ0) is 23.9. The van der Waals surface area contributed by atoms with Crippen molar-refractivity contribution in [3.63, 3.8) is 0 Å². The van der Waals surface area contributed by atoms with Crippen molar-refractivity contribution in [3.05, 3.63) is 97.6 Å². The van der Waals surface area contributed by atoms with Crippen LogP contribution in [0.4, 0.5) is 46.0 Å². The summed E-state index contributed by atoms with van der Waals surface area (Å²) in [6.07, 6.45) is 7.09. The van der Waals surface area contributed by atoms with Gasteiger partial charge >= 0.3 is 5.91 Å². The molecule has 37 heavy (non-hydrogen) atoms. The molecule has 0 saturated heterocycles. The Hall–Kier alpha value is -5.24. The third-order valence-corrected chi connectivity index (χ3v) is 8.05. The molecule has 0 radical (unpaired) electrons. The van der Waals surface area contributed by atoms with Gasteiger partial charge in [0.15, 0.2) is 23.3 Å². The molecule has 4 aliphatic heterocycles. The van der Waals surface area contributed by atoms with Crippen LogP contribution in [0.5, 0.6) is 0 Å². The number of rotatable bonds is 0. The molecule has 4 aromatic carbocycles. The second kappa shape index (κ2) is 5.76. The van der Waals surface area contributed by atoms with Crippen molar-refractivity contribution in [3.8, 4) is 0 Å². The molecule has 2 aromatic heterocycles. The molecule has 0 saturated carbocycles. The normalized spacial score (nSPS) is 16.6. The number of benzene rings is 4. The Morgan fingerprint density at radius 3 is 1.00 bits per heavy atom. The van der Waals surface area contributed by atoms with E-state index in [1.54, 1.807) is 24.8 Å². The van der Waals surface area contributed by atoms with Gasteiger partial charge < -0.3 is 0 Å². The Morgan fingerprint density at radius 1 is 0.405 bits per heavy atom. The number of anilines is 8. The molecule has 8 nitrogen and oxygen atoms in total. The molecule has 6 aromatic rings. The summed E-state index contributed by atoms with van der Waals surface area (Å²) in [6.45, 7) is 0. The average molecular weight is 477 g/mol. The maximum absolute atomic E-state index is 4.94. The van der Waals surface area contributed by atoms with Crippen LogP contribution in [-0.4, -0.2) is 25.8 Å². The molecule has 0 N–H and O–H groups in total. The molecular weight excluding hydrogens is 460 g/mol. The average Bonchev–Trinajstić information content (AvgIpc) is 3.43. The molecule has 0 fully saturated rings. The minimum atomic E-state index is -0.904. The predicted octanol–water partition coefficient (Wildman–Crippen LogP) is 6.09. The Balaban J connectivity index is 1.48. The number of nitrogens with zero attached hydrogens (tertiary/aromatic N) is 8. The fourth-order valence-corrected chi connectivity index (χ4v) is 6.90. The molecular formula is C29H16N8. The van der Waals surface area contributed by atoms with E-state index in [0.717, 1.165) is 67.6 Å². The summed E-state index contributed by atoms with van der Waals surface area (Å²) in [6, 6.07) is 25.8. The molecule has 0 atom stereocenters. The SMILES string of the molecule is c1cc2c3c(cccc3c1)N1c3nccnc3N3c4cccc5cccc(c45)N4c5nccnc5N2C143. The van der Waals surface area contributed by atoms with Crippen LogP contribution in [0.3, 0.4) is 0 Å². The van der Waals surface area contributed by atoms with Crippen LogP contribution in [-0.2, 0) is 0 Å². The highest BCUT2D eigenvalue weighted by Gasteiger charge is 2.70. The lowest BCUT2D eigenvalue weighted by Gasteiger charge is -2.56. The van der Waals surface area contributed by atoms with Crippen molar-refractivity contribution in [2.24, 2.45) is 0 Å². The molecule has 0 amide bonds. The first-order valence-electron chi connectivity index (χ1n) is 12.3. The van der Waals surface area contributed by atoms with Crippen LogP contribution in [0, 0.1) is 0 Å². The van der Waals surface area contributed by atoms with Gasteiger partial charge in [-0.1, -0.05) is 48.5 Å². The highest BCUT2D eigenvalue weighted by molar-refractivity contribution is 6.19. The van der Waals surface area contributed by atoms with Gasteiger partial charge in [0.25, 0.3) is 0 Å². The van der Waals surface area contributed by atoms with Crippen LogP contribution in [0.25, 0.3) is 21.5 Å². The Morgan fingerprint density at radius 2 is 0.703 bits per heavy atom. The lowest BCUT2D eigenvalue weighted by Crippen LogP contribution is -2.72. The number of hydrogen-bond donors (Lipinski definition) is 0. The fourth-order valence-electron chi connectivity index (χ4n) is 6.90. The summed E-state index contributed by atoms with van der Waals surface area (Å²) in [7, 11) is 0. The summed E-state index contributed by atoms with van der Waals surface area (Å²) in [5.41, 5.74) is 4.33. The number of hydrogen-bond acceptors (Lipinski definition) is 8. The molecule has 1 spiro atoms. The third kappa shape index (κ3) is 1.74. The van der Waals surface area contributed by atoms with Gasteiger partial charge in [-0.3, -0.25) is 19.6 Å². The van der Waals surface area contributed by atoms with E-state index in [2.05, 4.69) is 92.4 Å². The molecule has 10 rings (SSSR count). The van der Waals surface area contributed by atoms with E-state index in [0.29, 0.717) is 0 Å². The van der Waals surface area contributed by atoms with Gasteiger partial charge in [-0.25, -0.2) is 19.9 Å². The van der Waals surface area contributed by atoms with Crippen molar-refractivity contribution < 1.29 is 0 Å². The largest absolute Gasteiger partial charge is 0.300 e. The Bertz CT molecular complexity index is 1720. The number of aromatic nitrogens is 4. The molecule has 0 unspecified atom stereocenters. The first-order chi connectivity index (χ1) is 18.4. The van der Waals surface area contributed by atoms with Gasteiger partial charge in [-0.2, -0.15) is 0 Å². The topological polar surface area (TPSA) is 64.5 Å². The van der Waals surface area contributed by atoms with E-state index in [9.17, 15) is 0 Å². The van der Waals surface area contributed by atoms with Crippen LogP contribution in [0.15, 0.2) is 97.6 Å². The zero-order valence-corrected chi connectivity index (χ0v) is 19.3. The quantitative estimate of drug-likeness (QED) is 0.261. The molecule has 4 aliphatic rings. The van der Waals surface area contributed by atoms with Crippen LogP contribution >= 0.6 is 0 Å². The first-order valence-corrected chi connectivity index (χ1v) is 12.3. The van der Waals surface area contributed by atoms with Gasteiger partial charge in [-0.15, -0.1) is 0 Å². The van der Waals surface area contributed by atoms with E-state index in [4.69, 9.17) is 19.9 Å². The van der Waals surface area contributed by atoms with Crippen LogP contribution in [0.2, 0.25) is 0 Å². The smallest absolute Gasteiger partial charge is 0.262 e. The summed E-state index contributed by atoms with van der Waals surface area (Å²) in [5.74, 6) is 2.31. The summed E-state index contributed by atoms with van der Waals surface area (Å²) in [5, 5.41) is 4.64. The van der Waals surface area contributed by atoms with Crippen LogP contribution < -0.4 is 19.6 Å². The van der Waals surface area contributed by atoms with Gasteiger partial charge in [0.2, 0.25) is 0 Å². The van der Waals surface area contributed by atoms with E-state index in [-0.39, 0.29) is 0 Å². The molecule has 172 valence electrons. The number of fused-ring (bicyclic) bond motifs is 10. The van der Waals surface area contributed by atoms with Crippen molar-refractivity contribution in [1.82, 2.24) is 19.9 Å². The minimum absolute atomic E-state index is 0.803. The second-order valence-corrected chi connectivity index (χ2v) is 9.65. The Kier molecular flexibility index (Phi) is 2.82. The highest BCUT2D eigenvalue weighted by Crippen LogP contribution is 2.69. The van der Waals surface area contributed by atoms with Crippen molar-refractivity contribution in [2.75, 3.05) is 19.6 Å². The summed E-state index contributed by atoms with van der Waals surface area (Å²) >= 11 is 0. The third-order valence-electron chi connectivity index (χ3n) is 8.05. The first kappa shape index (κ1) is 18.1. The monoisotopic (exact) mass is 476 g/mol. The van der Waals surface area contributed by atoms with E-state index in [1.807, 2.05) is 0 Å². The maximum atomic E-state index is 4.94. The molecule has 0 bridgehead atoms. The van der Waals surface area contributed by atoms with E-state index < -0.39 is 5.91 Å². The lowest BCUT2D eigenvalue weighted by atomic mass is 9.98. The minimum Gasteiger partial charge on any atom is -0.262 e. The van der Waals surface area contributed by atoms with Crippen molar-refractivity contribution >= 4 is 67.6 Å². The molecule has 0 aliphatic carbocycles. The maximum Gasteiger partial charge on any atom is 0.300 e. The zero-order valence-electron chi connectivity index (χ0n) is 19.3. The van der Waals surface area contributed by atoms with Gasteiger partial charge in [-0.05, 0) is 35.0 Å². The standard InChI is InChI=1S/C29H16N8/c1-5-17-6-2-10-20-23(17)19(9-1)34-25-26(31-14-13-30-25)36-21-11-3-7-18-8-4-12-22(24(18)21)37-28-27(32-15-16-33-28)35(20)29(34,36)37/h1-16H. The summed E-state index contributed by atoms with van der Waals surface area (Å²) < 4.78 is 0. The lowest BCUT2D eigenvalue weighted by molar-refractivity contribution is 0.468. The van der Waals surface area contributed by atoms with Gasteiger partial charge in [0.1, 0.15) is 0 Å². The van der Waals surface area contributed by atoms with E-state index in [1.165, 1.54) is 0 Å².